The number of anilines is 1. The molecule has 0 saturated carbocycles. The zero-order valence-corrected chi connectivity index (χ0v) is 19.3. The van der Waals surface area contributed by atoms with Gasteiger partial charge in [-0.3, -0.25) is 10.1 Å². The lowest BCUT2D eigenvalue weighted by atomic mass is 10.2. The number of hydrogen-bond donors (Lipinski definition) is 1. The van der Waals surface area contributed by atoms with Crippen molar-refractivity contribution in [3.8, 4) is 5.75 Å². The van der Waals surface area contributed by atoms with Crippen LogP contribution in [0, 0.1) is 23.3 Å². The first-order valence-corrected chi connectivity index (χ1v) is 10.5. The summed E-state index contributed by atoms with van der Waals surface area (Å²) in [5, 5.41) is 1.59. The summed E-state index contributed by atoms with van der Waals surface area (Å²) in [5.41, 5.74) is -0.709. The summed E-state index contributed by atoms with van der Waals surface area (Å²) in [6, 6.07) is 2.72. The van der Waals surface area contributed by atoms with E-state index in [1.807, 2.05) is 0 Å². The number of nitrogens with one attached hydrogen (secondary N) is 1. The normalized spacial score (nSPS) is 13.9. The second-order valence-electron chi connectivity index (χ2n) is 6.63. The molecule has 1 aliphatic heterocycles. The second kappa shape index (κ2) is 9.86. The fourth-order valence-corrected chi connectivity index (χ4v) is 4.22. The van der Waals surface area contributed by atoms with Crippen LogP contribution in [0.2, 0.25) is 15.1 Å². The van der Waals surface area contributed by atoms with Crippen molar-refractivity contribution >= 4 is 63.7 Å². The van der Waals surface area contributed by atoms with Gasteiger partial charge in [0, 0.05) is 31.7 Å². The minimum Gasteiger partial charge on any atom is -0.494 e. The minimum atomic E-state index is -1.66. The van der Waals surface area contributed by atoms with Crippen molar-refractivity contribution in [3.63, 3.8) is 0 Å². The first-order valence-electron chi connectivity index (χ1n) is 8.96. The van der Waals surface area contributed by atoms with E-state index in [0.717, 1.165) is 4.90 Å². The summed E-state index contributed by atoms with van der Waals surface area (Å²) in [6.45, 7) is 0.192. The lowest BCUT2D eigenvalue weighted by molar-refractivity contribution is 0.0973. The van der Waals surface area contributed by atoms with Gasteiger partial charge >= 0.3 is 0 Å². The van der Waals surface area contributed by atoms with E-state index in [1.165, 1.54) is 19.2 Å². The summed E-state index contributed by atoms with van der Waals surface area (Å²) in [5.74, 6) is -6.84. The SMILES string of the molecule is COc1c(Cl)cc(C(=O)NC(=S)N2CCN(c3c(F)c(F)c(Cl)c(F)c3F)CC2)cc1Cl. The van der Waals surface area contributed by atoms with Crippen molar-refractivity contribution < 1.29 is 27.1 Å². The number of carbonyl (C=O) groups is 1. The molecule has 0 aliphatic carbocycles. The topological polar surface area (TPSA) is 44.8 Å². The molecule has 0 aromatic heterocycles. The molecule has 3 rings (SSSR count). The van der Waals surface area contributed by atoms with Crippen LogP contribution in [0.3, 0.4) is 0 Å². The predicted molar refractivity (Wildman–Crippen MR) is 118 cm³/mol. The summed E-state index contributed by atoms with van der Waals surface area (Å²) in [4.78, 5) is 15.2. The Hall–Kier alpha value is -2.01. The molecule has 0 bridgehead atoms. The smallest absolute Gasteiger partial charge is 0.257 e. The van der Waals surface area contributed by atoms with Crippen LogP contribution < -0.4 is 15.0 Å². The van der Waals surface area contributed by atoms with Crippen molar-refractivity contribution in [2.45, 2.75) is 0 Å². The molecule has 1 heterocycles. The van der Waals surface area contributed by atoms with Crippen molar-refractivity contribution in [3.05, 3.63) is 56.0 Å². The van der Waals surface area contributed by atoms with Gasteiger partial charge in [-0.05, 0) is 24.4 Å². The number of rotatable bonds is 3. The fourth-order valence-electron chi connectivity index (χ4n) is 3.14. The average Bonchev–Trinajstić information content (AvgIpc) is 2.76. The third-order valence-corrected chi connectivity index (χ3v) is 6.01. The molecule has 13 heteroatoms. The molecule has 0 atom stereocenters. The Labute approximate surface area is 200 Å². The summed E-state index contributed by atoms with van der Waals surface area (Å²) >= 11 is 22.6. The third kappa shape index (κ3) is 4.68. The number of thiocarbonyl (C=S) groups is 1. The van der Waals surface area contributed by atoms with Gasteiger partial charge in [-0.2, -0.15) is 0 Å². The van der Waals surface area contributed by atoms with Crippen LogP contribution in [0.25, 0.3) is 0 Å². The number of carbonyl (C=O) groups excluding carboxylic acids is 1. The van der Waals surface area contributed by atoms with Crippen molar-refractivity contribution in [2.24, 2.45) is 0 Å². The van der Waals surface area contributed by atoms with Crippen LogP contribution in [-0.2, 0) is 0 Å². The largest absolute Gasteiger partial charge is 0.494 e. The summed E-state index contributed by atoms with van der Waals surface area (Å²) < 4.78 is 60.9. The monoisotopic (exact) mass is 529 g/mol. The van der Waals surface area contributed by atoms with Crippen molar-refractivity contribution in [1.29, 1.82) is 0 Å². The lowest BCUT2D eigenvalue weighted by Crippen LogP contribution is -2.53. The number of benzene rings is 2. The number of ether oxygens (including phenoxy) is 1. The van der Waals surface area contributed by atoms with E-state index in [0.29, 0.717) is 0 Å². The standard InChI is InChI=1S/C19H14Cl3F4N3O2S/c1-31-17-9(20)6-8(7-10(17)21)18(30)27-19(32)29-4-2-28(3-5-29)16-14(25)12(23)11(22)13(24)15(16)26/h6-7H,2-5H2,1H3,(H,27,30,32). The van der Waals surface area contributed by atoms with Crippen molar-refractivity contribution in [1.82, 2.24) is 10.2 Å². The molecule has 2 aromatic rings. The minimum absolute atomic E-state index is 0.0233. The Morgan fingerprint density at radius 1 is 0.969 bits per heavy atom. The number of piperazine rings is 1. The number of nitrogens with zero attached hydrogens (tertiary/aromatic N) is 2. The van der Waals surface area contributed by atoms with Crippen molar-refractivity contribution in [2.75, 3.05) is 38.2 Å². The zero-order valence-electron chi connectivity index (χ0n) is 16.2. The third-order valence-electron chi connectivity index (χ3n) is 4.75. The maximum Gasteiger partial charge on any atom is 0.257 e. The molecule has 2 aromatic carbocycles. The van der Waals surface area contributed by atoms with E-state index < -0.39 is 39.9 Å². The highest BCUT2D eigenvalue weighted by Crippen LogP contribution is 2.35. The predicted octanol–water partition coefficient (Wildman–Crippen LogP) is 5.05. The molecule has 1 N–H and O–H groups in total. The van der Waals surface area contributed by atoms with Crippen LogP contribution in [-0.4, -0.2) is 49.2 Å². The molecule has 5 nitrogen and oxygen atoms in total. The quantitative estimate of drug-likeness (QED) is 0.261. The molecule has 0 spiro atoms. The Balaban J connectivity index is 1.67. The maximum absolute atomic E-state index is 14.2. The zero-order chi connectivity index (χ0) is 23.7. The van der Waals surface area contributed by atoms with E-state index in [9.17, 15) is 22.4 Å². The maximum atomic E-state index is 14.2. The Morgan fingerprint density at radius 2 is 1.47 bits per heavy atom. The van der Waals surface area contributed by atoms with Gasteiger partial charge in [-0.1, -0.05) is 34.8 Å². The fraction of sp³-hybridized carbons (Fsp3) is 0.263. The Bertz CT molecular complexity index is 1050. The van der Waals surface area contributed by atoms with E-state index in [1.54, 1.807) is 4.90 Å². The van der Waals surface area contributed by atoms with Gasteiger partial charge in [0.2, 0.25) is 0 Å². The van der Waals surface area contributed by atoms with Gasteiger partial charge in [-0.15, -0.1) is 0 Å². The highest BCUT2D eigenvalue weighted by Gasteiger charge is 2.30. The summed E-state index contributed by atoms with van der Waals surface area (Å²) in [7, 11) is 1.38. The molecule has 0 unspecified atom stereocenters. The summed E-state index contributed by atoms with van der Waals surface area (Å²) in [6.07, 6.45) is 0. The second-order valence-corrected chi connectivity index (χ2v) is 8.20. The lowest BCUT2D eigenvalue weighted by Gasteiger charge is -2.37. The van der Waals surface area contributed by atoms with Crippen LogP contribution in [0.4, 0.5) is 23.2 Å². The van der Waals surface area contributed by atoms with Crippen LogP contribution in [0.5, 0.6) is 5.75 Å². The Morgan fingerprint density at radius 3 is 1.94 bits per heavy atom. The molecular formula is C19H14Cl3F4N3O2S. The Kier molecular flexibility index (Phi) is 7.59. The number of hydrogen-bond acceptors (Lipinski definition) is 4. The van der Waals surface area contributed by atoms with Gasteiger partial charge in [-0.25, -0.2) is 17.6 Å². The molecule has 1 amide bonds. The molecule has 0 radical (unpaired) electrons. The van der Waals surface area contributed by atoms with Crippen LogP contribution >= 0.6 is 47.0 Å². The van der Waals surface area contributed by atoms with Crippen LogP contribution in [0.1, 0.15) is 10.4 Å². The number of amides is 1. The molecule has 32 heavy (non-hydrogen) atoms. The van der Waals surface area contributed by atoms with E-state index in [4.69, 9.17) is 51.8 Å². The first kappa shape index (κ1) is 24.6. The molecule has 1 saturated heterocycles. The van der Waals surface area contributed by atoms with Gasteiger partial charge < -0.3 is 14.5 Å². The first-order chi connectivity index (χ1) is 15.1. The van der Waals surface area contributed by atoms with E-state index in [2.05, 4.69) is 5.32 Å². The van der Waals surface area contributed by atoms with E-state index >= 15 is 0 Å². The molecule has 172 valence electrons. The average molecular weight is 531 g/mol. The van der Waals surface area contributed by atoms with E-state index in [-0.39, 0.29) is 52.6 Å². The van der Waals surface area contributed by atoms with Gasteiger partial charge in [0.25, 0.3) is 5.91 Å². The number of methoxy groups -OCH3 is 1. The highest BCUT2D eigenvalue weighted by molar-refractivity contribution is 7.80. The molecule has 1 aliphatic rings. The molecular weight excluding hydrogens is 517 g/mol. The van der Waals surface area contributed by atoms with Gasteiger partial charge in [0.05, 0.1) is 17.2 Å². The molecule has 1 fully saturated rings. The number of halogens is 7. The van der Waals surface area contributed by atoms with Crippen LogP contribution in [0.15, 0.2) is 12.1 Å². The highest BCUT2D eigenvalue weighted by atomic mass is 35.5. The van der Waals surface area contributed by atoms with Gasteiger partial charge in [0.15, 0.2) is 34.1 Å². The van der Waals surface area contributed by atoms with Gasteiger partial charge in [0.1, 0.15) is 10.7 Å².